The maximum absolute atomic E-state index is 5.22. The van der Waals surface area contributed by atoms with Crippen LogP contribution in [0.4, 0.5) is 0 Å². The first-order valence-electron chi connectivity index (χ1n) is 6.16. The Bertz CT molecular complexity index is 531. The summed E-state index contributed by atoms with van der Waals surface area (Å²) < 4.78 is 6.19. The number of halogens is 1. The van der Waals surface area contributed by atoms with Gasteiger partial charge in [0.25, 0.3) is 0 Å². The fraction of sp³-hybridized carbons (Fsp3) is 0.267. The highest BCUT2D eigenvalue weighted by Gasteiger charge is 2.06. The van der Waals surface area contributed by atoms with Crippen molar-refractivity contribution in [1.29, 1.82) is 0 Å². The largest absolute Gasteiger partial charge is 0.496 e. The number of rotatable bonds is 5. The van der Waals surface area contributed by atoms with Gasteiger partial charge in [-0.05, 0) is 52.2 Å². The zero-order valence-corrected chi connectivity index (χ0v) is 12.6. The number of pyridine rings is 1. The molecule has 0 aliphatic rings. The third kappa shape index (κ3) is 3.78. The SMILES string of the molecule is COc1ccc(CN[C@H](C)c2cccnc2)cc1Br. The lowest BCUT2D eigenvalue weighted by Crippen LogP contribution is -2.18. The molecule has 2 aromatic rings. The Labute approximate surface area is 122 Å². The molecule has 0 aliphatic carbocycles. The number of nitrogens with one attached hydrogen (secondary N) is 1. The van der Waals surface area contributed by atoms with E-state index in [9.17, 15) is 0 Å². The fourth-order valence-electron chi connectivity index (χ4n) is 1.84. The molecule has 0 unspecified atom stereocenters. The van der Waals surface area contributed by atoms with E-state index in [0.29, 0.717) is 0 Å². The standard InChI is InChI=1S/C15H17BrN2O/c1-11(13-4-3-7-17-10-13)18-9-12-5-6-15(19-2)14(16)8-12/h3-8,10-11,18H,9H2,1-2H3/t11-/m1/s1. The summed E-state index contributed by atoms with van der Waals surface area (Å²) in [5.41, 5.74) is 2.40. The number of methoxy groups -OCH3 is 1. The van der Waals surface area contributed by atoms with Gasteiger partial charge in [-0.2, -0.15) is 0 Å². The van der Waals surface area contributed by atoms with Gasteiger partial charge in [0.2, 0.25) is 0 Å². The molecule has 100 valence electrons. The summed E-state index contributed by atoms with van der Waals surface area (Å²) >= 11 is 3.50. The molecule has 4 heteroatoms. The number of hydrogen-bond donors (Lipinski definition) is 1. The van der Waals surface area contributed by atoms with Crippen LogP contribution >= 0.6 is 15.9 Å². The lowest BCUT2D eigenvalue weighted by atomic mass is 10.1. The highest BCUT2D eigenvalue weighted by molar-refractivity contribution is 9.10. The van der Waals surface area contributed by atoms with Crippen LogP contribution in [-0.2, 0) is 6.54 Å². The molecule has 1 aromatic heterocycles. The highest BCUT2D eigenvalue weighted by atomic mass is 79.9. The molecule has 0 saturated heterocycles. The van der Waals surface area contributed by atoms with Gasteiger partial charge in [-0.3, -0.25) is 4.98 Å². The van der Waals surface area contributed by atoms with Gasteiger partial charge in [0, 0.05) is 25.0 Å². The normalized spacial score (nSPS) is 12.2. The topological polar surface area (TPSA) is 34.1 Å². The Hall–Kier alpha value is -1.39. The number of benzene rings is 1. The van der Waals surface area contributed by atoms with Crippen LogP contribution in [0.2, 0.25) is 0 Å². The average molecular weight is 321 g/mol. The van der Waals surface area contributed by atoms with Gasteiger partial charge in [0.05, 0.1) is 11.6 Å². The van der Waals surface area contributed by atoms with E-state index in [1.165, 1.54) is 11.1 Å². The summed E-state index contributed by atoms with van der Waals surface area (Å²) in [6.45, 7) is 2.94. The molecule has 0 amide bonds. The van der Waals surface area contributed by atoms with Gasteiger partial charge in [-0.1, -0.05) is 12.1 Å². The molecule has 2 rings (SSSR count). The number of aromatic nitrogens is 1. The van der Waals surface area contributed by atoms with Gasteiger partial charge in [-0.15, -0.1) is 0 Å². The average Bonchev–Trinajstić information content (AvgIpc) is 2.46. The molecule has 0 radical (unpaired) electrons. The Balaban J connectivity index is 1.97. The molecule has 1 heterocycles. The van der Waals surface area contributed by atoms with E-state index >= 15 is 0 Å². The van der Waals surface area contributed by atoms with Crippen molar-refractivity contribution in [3.05, 3.63) is 58.3 Å². The Morgan fingerprint density at radius 1 is 1.37 bits per heavy atom. The molecule has 0 bridgehead atoms. The minimum Gasteiger partial charge on any atom is -0.496 e. The third-order valence-electron chi connectivity index (χ3n) is 3.01. The summed E-state index contributed by atoms with van der Waals surface area (Å²) in [5.74, 6) is 0.851. The van der Waals surface area contributed by atoms with E-state index in [1.807, 2.05) is 18.3 Å². The van der Waals surface area contributed by atoms with Gasteiger partial charge in [-0.25, -0.2) is 0 Å². The first-order chi connectivity index (χ1) is 9.20. The van der Waals surface area contributed by atoms with Crippen molar-refractivity contribution in [3.63, 3.8) is 0 Å². The highest BCUT2D eigenvalue weighted by Crippen LogP contribution is 2.25. The summed E-state index contributed by atoms with van der Waals surface area (Å²) in [7, 11) is 1.67. The van der Waals surface area contributed by atoms with Crippen molar-refractivity contribution < 1.29 is 4.74 Å². The number of ether oxygens (including phenoxy) is 1. The Kier molecular flexibility index (Phi) is 4.93. The summed E-state index contributed by atoms with van der Waals surface area (Å²) in [6, 6.07) is 10.4. The van der Waals surface area contributed by atoms with Crippen LogP contribution in [0, 0.1) is 0 Å². The third-order valence-corrected chi connectivity index (χ3v) is 3.63. The van der Waals surface area contributed by atoms with Crippen molar-refractivity contribution in [2.24, 2.45) is 0 Å². The van der Waals surface area contributed by atoms with Crippen LogP contribution in [0.5, 0.6) is 5.75 Å². The molecule has 0 spiro atoms. The summed E-state index contributed by atoms with van der Waals surface area (Å²) in [6.07, 6.45) is 3.68. The van der Waals surface area contributed by atoms with E-state index in [4.69, 9.17) is 4.74 Å². The zero-order valence-electron chi connectivity index (χ0n) is 11.1. The zero-order chi connectivity index (χ0) is 13.7. The van der Waals surface area contributed by atoms with Crippen molar-refractivity contribution in [3.8, 4) is 5.75 Å². The molecular formula is C15H17BrN2O. The molecule has 0 saturated carbocycles. The van der Waals surface area contributed by atoms with Crippen molar-refractivity contribution in [1.82, 2.24) is 10.3 Å². The van der Waals surface area contributed by atoms with E-state index in [2.05, 4.69) is 51.4 Å². The first-order valence-corrected chi connectivity index (χ1v) is 6.95. The molecule has 1 atom stereocenters. The second-order valence-electron chi connectivity index (χ2n) is 4.36. The van der Waals surface area contributed by atoms with E-state index in [1.54, 1.807) is 13.3 Å². The van der Waals surface area contributed by atoms with Crippen LogP contribution in [0.25, 0.3) is 0 Å². The second kappa shape index (κ2) is 6.68. The maximum Gasteiger partial charge on any atom is 0.133 e. The summed E-state index contributed by atoms with van der Waals surface area (Å²) in [5, 5.41) is 3.48. The molecule has 0 fully saturated rings. The molecule has 19 heavy (non-hydrogen) atoms. The minimum atomic E-state index is 0.273. The second-order valence-corrected chi connectivity index (χ2v) is 5.21. The lowest BCUT2D eigenvalue weighted by Gasteiger charge is -2.14. The van der Waals surface area contributed by atoms with Crippen LogP contribution < -0.4 is 10.1 Å². The van der Waals surface area contributed by atoms with Crippen molar-refractivity contribution >= 4 is 15.9 Å². The molecule has 1 N–H and O–H groups in total. The minimum absolute atomic E-state index is 0.273. The van der Waals surface area contributed by atoms with E-state index in [0.717, 1.165) is 16.8 Å². The van der Waals surface area contributed by atoms with Gasteiger partial charge in [0.15, 0.2) is 0 Å². The predicted octanol–water partition coefficient (Wildman–Crippen LogP) is 3.70. The monoisotopic (exact) mass is 320 g/mol. The number of hydrogen-bond acceptors (Lipinski definition) is 3. The Morgan fingerprint density at radius 3 is 2.84 bits per heavy atom. The molecule has 1 aromatic carbocycles. The van der Waals surface area contributed by atoms with E-state index in [-0.39, 0.29) is 6.04 Å². The quantitative estimate of drug-likeness (QED) is 0.912. The van der Waals surface area contributed by atoms with E-state index < -0.39 is 0 Å². The van der Waals surface area contributed by atoms with Crippen LogP contribution in [0.3, 0.4) is 0 Å². The van der Waals surface area contributed by atoms with Crippen LogP contribution in [-0.4, -0.2) is 12.1 Å². The lowest BCUT2D eigenvalue weighted by molar-refractivity contribution is 0.412. The van der Waals surface area contributed by atoms with Crippen molar-refractivity contribution in [2.75, 3.05) is 7.11 Å². The van der Waals surface area contributed by atoms with Crippen molar-refractivity contribution in [2.45, 2.75) is 19.5 Å². The Morgan fingerprint density at radius 2 is 2.21 bits per heavy atom. The fourth-order valence-corrected chi connectivity index (χ4v) is 2.43. The smallest absolute Gasteiger partial charge is 0.133 e. The summed E-state index contributed by atoms with van der Waals surface area (Å²) in [4.78, 5) is 4.13. The van der Waals surface area contributed by atoms with Gasteiger partial charge in [0.1, 0.15) is 5.75 Å². The number of nitrogens with zero attached hydrogens (tertiary/aromatic N) is 1. The van der Waals surface area contributed by atoms with Crippen LogP contribution in [0.1, 0.15) is 24.1 Å². The molecule has 0 aliphatic heterocycles. The van der Waals surface area contributed by atoms with Crippen LogP contribution in [0.15, 0.2) is 47.2 Å². The van der Waals surface area contributed by atoms with Gasteiger partial charge < -0.3 is 10.1 Å². The molecular weight excluding hydrogens is 304 g/mol. The first kappa shape index (κ1) is 14.0. The maximum atomic E-state index is 5.22. The predicted molar refractivity (Wildman–Crippen MR) is 80.2 cm³/mol. The molecule has 3 nitrogen and oxygen atoms in total. The van der Waals surface area contributed by atoms with Gasteiger partial charge >= 0.3 is 0 Å².